The first-order valence-corrected chi connectivity index (χ1v) is 30.9. The van der Waals surface area contributed by atoms with Crippen LogP contribution in [0.15, 0.2) is 23.3 Å². The highest BCUT2D eigenvalue weighted by Gasteiger charge is 2.67. The van der Waals surface area contributed by atoms with Gasteiger partial charge in [-0.1, -0.05) is 91.5 Å². The molecule has 0 amide bonds. The molecule has 22 atom stereocenters. The number of rotatable bonds is 19. The average Bonchev–Trinajstić information content (AvgIpc) is 4.03. The van der Waals surface area contributed by atoms with E-state index in [2.05, 4.69) is 78.2 Å². The third-order valence-electron chi connectivity index (χ3n) is 24.3. The zero-order chi connectivity index (χ0) is 50.7. The Kier molecular flexibility index (Phi) is 16.1. The second kappa shape index (κ2) is 21.6. The molecule has 0 unspecified atom stereocenters. The normalized spacial score (nSPS) is 46.5. The molecule has 0 aromatic rings. The Morgan fingerprint density at radius 2 is 1.03 bits per heavy atom. The van der Waals surface area contributed by atoms with Crippen molar-refractivity contribution < 1.29 is 28.5 Å². The first-order chi connectivity index (χ1) is 34.4. The molecule has 10 rings (SSSR count). The van der Waals surface area contributed by atoms with Crippen molar-refractivity contribution in [3.05, 3.63) is 23.3 Å². The van der Waals surface area contributed by atoms with Gasteiger partial charge in [0.15, 0.2) is 0 Å². The number of carbonyl (C=O) groups is 2. The number of unbranched alkanes of at least 4 members (excludes halogenated alkanes) is 3. The van der Waals surface area contributed by atoms with Crippen LogP contribution in [0.5, 0.6) is 0 Å². The van der Waals surface area contributed by atoms with Gasteiger partial charge in [-0.05, 0) is 234 Å². The largest absolute Gasteiger partial charge is 0.462 e. The van der Waals surface area contributed by atoms with E-state index in [4.69, 9.17) is 18.9 Å². The van der Waals surface area contributed by atoms with Crippen molar-refractivity contribution in [2.75, 3.05) is 26.2 Å². The minimum atomic E-state index is -0.128. The van der Waals surface area contributed by atoms with E-state index in [9.17, 15) is 9.59 Å². The van der Waals surface area contributed by atoms with Gasteiger partial charge in [0.2, 0.25) is 0 Å². The Bertz CT molecular complexity index is 1850. The standard InChI is InChI=1S/C64H104N2O6/c1-39(15-21-55-41(3)59-57(71-55)35-53-49-19-17-45-33-47(69-43(5)67)23-27-61(45,7)51(49)25-29-63(53,59)9)37-65-31-13-11-12-14-32-66-38-40(2)16-22-56-42(4)60-58(72-56)36-54-50-20-18-46-34-48(70-44(6)68)24-28-62(46,8)52(50)26-30-64(54,60)10/h17-18,39-42,47-60,65-66H,11-16,19-38H2,1-10H3/t39-,40-,41-,42-,47+,48+,49-,50-,51+,52+,53+,54+,55-,56-,57+,58+,59+,60+,61+,62+,63+,64+/m1/s1. The molecule has 6 saturated carbocycles. The summed E-state index contributed by atoms with van der Waals surface area (Å²) in [5.74, 6) is 8.48. The van der Waals surface area contributed by atoms with Gasteiger partial charge in [0.1, 0.15) is 12.2 Å². The summed E-state index contributed by atoms with van der Waals surface area (Å²) >= 11 is 0. The maximum atomic E-state index is 11.7. The summed E-state index contributed by atoms with van der Waals surface area (Å²) < 4.78 is 25.6. The Hall–Kier alpha value is -1.74. The van der Waals surface area contributed by atoms with Crippen molar-refractivity contribution >= 4 is 11.9 Å². The first-order valence-electron chi connectivity index (χ1n) is 30.9. The van der Waals surface area contributed by atoms with Gasteiger partial charge in [-0.2, -0.15) is 0 Å². The molecule has 2 aliphatic heterocycles. The van der Waals surface area contributed by atoms with E-state index in [1.54, 1.807) is 25.0 Å². The number of nitrogens with one attached hydrogen (secondary N) is 2. The van der Waals surface area contributed by atoms with Gasteiger partial charge < -0.3 is 29.6 Å². The van der Waals surface area contributed by atoms with Gasteiger partial charge in [0.05, 0.1) is 24.4 Å². The summed E-state index contributed by atoms with van der Waals surface area (Å²) in [6.07, 6.45) is 33.9. The van der Waals surface area contributed by atoms with Crippen molar-refractivity contribution in [1.82, 2.24) is 10.6 Å². The minimum absolute atomic E-state index is 0.0768. The van der Waals surface area contributed by atoms with Crippen LogP contribution in [0.25, 0.3) is 0 Å². The highest BCUT2D eigenvalue weighted by atomic mass is 16.5. The number of carbonyl (C=O) groups excluding carboxylic acids is 2. The van der Waals surface area contributed by atoms with Crippen LogP contribution < -0.4 is 10.6 Å². The third kappa shape index (κ3) is 10.1. The molecule has 2 saturated heterocycles. The molecule has 0 bridgehead atoms. The van der Waals surface area contributed by atoms with Crippen LogP contribution in [0.3, 0.4) is 0 Å². The molecule has 8 nitrogen and oxygen atoms in total. The predicted octanol–water partition coefficient (Wildman–Crippen LogP) is 13.6. The van der Waals surface area contributed by atoms with Crippen LogP contribution in [-0.4, -0.2) is 74.7 Å². The maximum Gasteiger partial charge on any atom is 0.302 e. The third-order valence-corrected chi connectivity index (χ3v) is 24.3. The molecule has 2 heterocycles. The van der Waals surface area contributed by atoms with Crippen LogP contribution in [0.2, 0.25) is 0 Å². The molecule has 8 heteroatoms. The summed E-state index contributed by atoms with van der Waals surface area (Å²) in [7, 11) is 0. The smallest absolute Gasteiger partial charge is 0.302 e. The quantitative estimate of drug-likeness (QED) is 0.0751. The van der Waals surface area contributed by atoms with E-state index in [0.29, 0.717) is 70.8 Å². The summed E-state index contributed by atoms with van der Waals surface area (Å²) in [4.78, 5) is 23.5. The van der Waals surface area contributed by atoms with Crippen LogP contribution in [0, 0.1) is 92.7 Å². The second-order valence-electron chi connectivity index (χ2n) is 28.4. The second-order valence-corrected chi connectivity index (χ2v) is 28.4. The lowest BCUT2D eigenvalue weighted by atomic mass is 9.47. The van der Waals surface area contributed by atoms with Crippen LogP contribution in [0.1, 0.15) is 210 Å². The van der Waals surface area contributed by atoms with E-state index in [1.165, 1.54) is 116 Å². The van der Waals surface area contributed by atoms with E-state index < -0.39 is 0 Å². The molecular weight excluding hydrogens is 893 g/mol. The summed E-state index contributed by atoms with van der Waals surface area (Å²) in [6.45, 7) is 28.1. The minimum Gasteiger partial charge on any atom is -0.462 e. The van der Waals surface area contributed by atoms with E-state index in [0.717, 1.165) is 87.4 Å². The lowest BCUT2D eigenvalue weighted by molar-refractivity contribution is -0.149. The topological polar surface area (TPSA) is 95.1 Å². The molecule has 0 aromatic carbocycles. The number of hydrogen-bond acceptors (Lipinski definition) is 8. The number of fused-ring (bicyclic) bond motifs is 14. The molecule has 2 N–H and O–H groups in total. The highest BCUT2D eigenvalue weighted by molar-refractivity contribution is 5.66. The number of esters is 2. The predicted molar refractivity (Wildman–Crippen MR) is 289 cm³/mol. The highest BCUT2D eigenvalue weighted by Crippen LogP contribution is 2.71. The first kappa shape index (κ1) is 53.6. The zero-order valence-electron chi connectivity index (χ0n) is 47.4. The molecule has 0 spiro atoms. The fraction of sp³-hybridized carbons (Fsp3) is 0.906. The molecule has 0 aromatic heterocycles. The van der Waals surface area contributed by atoms with E-state index >= 15 is 0 Å². The van der Waals surface area contributed by atoms with Gasteiger partial charge >= 0.3 is 11.9 Å². The Balaban J connectivity index is 0.565. The Morgan fingerprint density at radius 1 is 0.611 bits per heavy atom. The van der Waals surface area contributed by atoms with Gasteiger partial charge in [-0.15, -0.1) is 0 Å². The molecule has 0 radical (unpaired) electrons. The van der Waals surface area contributed by atoms with Crippen LogP contribution >= 0.6 is 0 Å². The van der Waals surface area contributed by atoms with Crippen molar-refractivity contribution in [3.63, 3.8) is 0 Å². The fourth-order valence-corrected chi connectivity index (χ4v) is 20.6. The average molecular weight is 998 g/mol. The van der Waals surface area contributed by atoms with Crippen LogP contribution in [-0.2, 0) is 28.5 Å². The lowest BCUT2D eigenvalue weighted by Gasteiger charge is -2.58. The van der Waals surface area contributed by atoms with Crippen molar-refractivity contribution in [2.45, 2.75) is 247 Å². The number of ether oxygens (including phenoxy) is 4. The van der Waals surface area contributed by atoms with E-state index in [-0.39, 0.29) is 35.0 Å². The molecule has 8 aliphatic carbocycles. The number of hydrogen-bond donors (Lipinski definition) is 2. The van der Waals surface area contributed by atoms with Gasteiger partial charge in [0.25, 0.3) is 0 Å². The van der Waals surface area contributed by atoms with Crippen molar-refractivity contribution in [1.29, 1.82) is 0 Å². The summed E-state index contributed by atoms with van der Waals surface area (Å²) in [6, 6.07) is 0. The van der Waals surface area contributed by atoms with Crippen LogP contribution in [0.4, 0.5) is 0 Å². The van der Waals surface area contributed by atoms with Gasteiger partial charge in [0, 0.05) is 26.7 Å². The molecule has 8 fully saturated rings. The van der Waals surface area contributed by atoms with Crippen molar-refractivity contribution in [3.8, 4) is 0 Å². The Labute approximate surface area is 438 Å². The van der Waals surface area contributed by atoms with Gasteiger partial charge in [-0.25, -0.2) is 0 Å². The summed E-state index contributed by atoms with van der Waals surface area (Å²) in [5, 5.41) is 7.64. The maximum absolute atomic E-state index is 11.7. The lowest BCUT2D eigenvalue weighted by Crippen LogP contribution is -2.51. The SMILES string of the molecule is CC(=O)O[C@H]1CC[C@@]2(C)C(=CC[C@H]3[C@@H]4C[C@@H]5O[C@H](CC[C@@H](C)CNCCCCCCNC[C@H](C)CC[C@H]6O[C@H]7C[C@H]8[C@@H]9CC=C%10C[C@@H](OC(C)=O)CC[C@]%10(C)[C@H]9CC[C@]8(C)[C@H]7[C@@H]6C)[C@@H](C)[C@@H]5[C@@]4(C)CC[C@@H]32)C1. The summed E-state index contributed by atoms with van der Waals surface area (Å²) in [5.41, 5.74) is 4.55. The molecule has 10 aliphatic rings. The molecular formula is C64H104N2O6. The Morgan fingerprint density at radius 3 is 1.43 bits per heavy atom. The monoisotopic (exact) mass is 997 g/mol. The fourth-order valence-electron chi connectivity index (χ4n) is 20.6. The zero-order valence-corrected chi connectivity index (χ0v) is 47.4. The van der Waals surface area contributed by atoms with E-state index in [1.807, 2.05) is 0 Å². The number of allylic oxidation sites excluding steroid dienone is 2. The molecule has 72 heavy (non-hydrogen) atoms. The van der Waals surface area contributed by atoms with Crippen molar-refractivity contribution in [2.24, 2.45) is 92.7 Å². The molecule has 406 valence electrons. The van der Waals surface area contributed by atoms with Gasteiger partial charge in [-0.3, -0.25) is 9.59 Å².